The van der Waals surface area contributed by atoms with Gasteiger partial charge in [-0.15, -0.1) is 0 Å². The minimum atomic E-state index is 0.0853. The first kappa shape index (κ1) is 15.8. The molecule has 7 aromatic rings. The summed E-state index contributed by atoms with van der Waals surface area (Å²) < 4.78 is 0. The van der Waals surface area contributed by atoms with E-state index in [1.165, 1.54) is 0 Å². The molecule has 0 N–H and O–H groups in total. The van der Waals surface area contributed by atoms with Crippen LogP contribution in [0.4, 0.5) is 0 Å². The van der Waals surface area contributed by atoms with Gasteiger partial charge in [0.2, 0.25) is 0 Å². The summed E-state index contributed by atoms with van der Waals surface area (Å²) in [5.74, 6) is 0. The maximum atomic E-state index is 12.9. The number of benzene rings is 5. The third kappa shape index (κ3) is 1.88. The van der Waals surface area contributed by atoms with Crippen LogP contribution in [-0.4, -0.2) is 0 Å². The molecule has 0 radical (unpaired) electrons. The average molecular weight is 382 g/mol. The van der Waals surface area contributed by atoms with E-state index < -0.39 is 0 Å². The molecule has 0 fully saturated rings. The summed E-state index contributed by atoms with van der Waals surface area (Å²) in [5.41, 5.74) is 0.171. The van der Waals surface area contributed by atoms with Crippen LogP contribution in [0.2, 0.25) is 0 Å². The van der Waals surface area contributed by atoms with Gasteiger partial charge in [0, 0.05) is 21.5 Å². The van der Waals surface area contributed by atoms with E-state index in [2.05, 4.69) is 24.3 Å². The van der Waals surface area contributed by atoms with E-state index in [-0.39, 0.29) is 10.9 Å². The van der Waals surface area contributed by atoms with Crippen molar-refractivity contribution >= 4 is 64.6 Å². The first-order valence-corrected chi connectivity index (χ1v) is 10.0. The van der Waals surface area contributed by atoms with E-state index in [0.29, 0.717) is 0 Å². The summed E-state index contributed by atoms with van der Waals surface area (Å²) in [4.78, 5) is 25.7. The van der Waals surface area contributed by atoms with Gasteiger partial charge in [-0.05, 0) is 79.5 Å². The van der Waals surface area contributed by atoms with Crippen LogP contribution in [0, 0.1) is 0 Å². The van der Waals surface area contributed by atoms with Crippen LogP contribution in [0.5, 0.6) is 0 Å². The molecule has 30 heavy (non-hydrogen) atoms. The molecule has 0 spiro atoms. The number of hydrogen-bond acceptors (Lipinski definition) is 2. The maximum Gasteiger partial charge on any atom is 0.194 e. The lowest BCUT2D eigenvalue weighted by molar-refractivity contribution is 1.80. The molecule has 0 bridgehead atoms. The van der Waals surface area contributed by atoms with Crippen LogP contribution in [0.25, 0.3) is 64.6 Å². The molecule has 0 aliphatic carbocycles. The molecule has 0 saturated carbocycles. The van der Waals surface area contributed by atoms with Crippen molar-refractivity contribution in [1.82, 2.24) is 0 Å². The van der Waals surface area contributed by atoms with Crippen molar-refractivity contribution in [3.8, 4) is 0 Å². The number of fused-ring (bicyclic) bond motifs is 8. The van der Waals surface area contributed by atoms with Gasteiger partial charge in [0.25, 0.3) is 0 Å². The van der Waals surface area contributed by atoms with Crippen molar-refractivity contribution in [3.05, 3.63) is 105 Å². The number of hydrogen-bond donors (Lipinski definition) is 0. The Kier molecular flexibility index (Phi) is 2.80. The molecule has 0 atom stereocenters. The molecule has 138 valence electrons. The molecular weight excluding hydrogens is 368 g/mol. The predicted octanol–water partition coefficient (Wildman–Crippen LogP) is 6.20. The molecule has 0 unspecified atom stereocenters. The molecule has 0 aromatic heterocycles. The van der Waals surface area contributed by atoms with Gasteiger partial charge < -0.3 is 0 Å². The predicted molar refractivity (Wildman–Crippen MR) is 126 cm³/mol. The van der Waals surface area contributed by atoms with Gasteiger partial charge in [-0.2, -0.15) is 0 Å². The van der Waals surface area contributed by atoms with E-state index in [1.807, 2.05) is 60.7 Å². The Balaban J connectivity index is 1.65. The largest absolute Gasteiger partial charge is 0.289 e. The quantitative estimate of drug-likeness (QED) is 0.293. The van der Waals surface area contributed by atoms with Crippen molar-refractivity contribution in [3.63, 3.8) is 0 Å². The highest BCUT2D eigenvalue weighted by Gasteiger charge is 2.13. The second kappa shape index (κ2) is 5.31. The molecule has 7 aromatic carbocycles. The molecule has 2 nitrogen and oxygen atoms in total. The molecular formula is C28H14O2. The van der Waals surface area contributed by atoms with E-state index in [0.717, 1.165) is 64.6 Å². The minimum Gasteiger partial charge on any atom is -0.289 e. The fourth-order valence-corrected chi connectivity index (χ4v) is 5.04. The van der Waals surface area contributed by atoms with Gasteiger partial charge in [-0.3, -0.25) is 9.59 Å². The van der Waals surface area contributed by atoms with E-state index in [4.69, 9.17) is 0 Å². The van der Waals surface area contributed by atoms with E-state index in [1.54, 1.807) is 0 Å². The summed E-state index contributed by atoms with van der Waals surface area (Å²) in [6.45, 7) is 0. The molecule has 2 heteroatoms. The zero-order valence-electron chi connectivity index (χ0n) is 15.9. The summed E-state index contributed by atoms with van der Waals surface area (Å²) in [7, 11) is 0. The molecule has 0 aliphatic heterocycles. The van der Waals surface area contributed by atoms with Gasteiger partial charge in [0.1, 0.15) is 0 Å². The Labute approximate surface area is 170 Å². The standard InChI is InChI=1S/C28H14O2/c29-27-21-7-3-1-5-19(21)23-11-15-9-16-12-24-20-6-2-4-8-22(20)28(30)26(24)14-18(16)10-17(15)13-25(23)27/h1-14H. The van der Waals surface area contributed by atoms with Gasteiger partial charge in [0.15, 0.2) is 10.9 Å². The summed E-state index contributed by atoms with van der Waals surface area (Å²) in [5, 5.41) is 11.3. The lowest BCUT2D eigenvalue weighted by Gasteiger charge is -2.04. The third-order valence-electron chi connectivity index (χ3n) is 6.48. The van der Waals surface area contributed by atoms with Crippen LogP contribution in [0.15, 0.2) is 94.5 Å². The van der Waals surface area contributed by atoms with Crippen LogP contribution in [0.3, 0.4) is 0 Å². The highest BCUT2D eigenvalue weighted by Crippen LogP contribution is 2.33. The zero-order valence-corrected chi connectivity index (χ0v) is 15.9. The molecule has 7 rings (SSSR count). The maximum absolute atomic E-state index is 12.9. The van der Waals surface area contributed by atoms with Crippen molar-refractivity contribution in [2.24, 2.45) is 0 Å². The Morgan fingerprint density at radius 1 is 0.333 bits per heavy atom. The SMILES string of the molecule is O=c1c2ccccc2c2cc3cc4cc5c(cc4cc3cc12)c(=O)c1ccccc15. The van der Waals surface area contributed by atoms with Crippen molar-refractivity contribution in [1.29, 1.82) is 0 Å². The second-order valence-electron chi connectivity index (χ2n) is 8.09. The van der Waals surface area contributed by atoms with Crippen LogP contribution in [-0.2, 0) is 0 Å². The average Bonchev–Trinajstić information content (AvgIpc) is 3.21. The normalized spacial score (nSPS) is 12.3. The highest BCUT2D eigenvalue weighted by molar-refractivity contribution is 6.19. The Morgan fingerprint density at radius 3 is 1.07 bits per heavy atom. The van der Waals surface area contributed by atoms with E-state index in [9.17, 15) is 9.59 Å². The third-order valence-corrected chi connectivity index (χ3v) is 6.48. The Morgan fingerprint density at radius 2 is 0.667 bits per heavy atom. The molecule has 0 saturated heterocycles. The smallest absolute Gasteiger partial charge is 0.194 e. The monoisotopic (exact) mass is 382 g/mol. The van der Waals surface area contributed by atoms with Crippen LogP contribution >= 0.6 is 0 Å². The lowest BCUT2D eigenvalue weighted by Crippen LogP contribution is -1.94. The molecule has 0 aliphatic rings. The number of rotatable bonds is 0. The van der Waals surface area contributed by atoms with Crippen molar-refractivity contribution in [2.45, 2.75) is 0 Å². The summed E-state index contributed by atoms with van der Waals surface area (Å²) >= 11 is 0. The molecule has 0 heterocycles. The Hall–Kier alpha value is -4.04. The highest BCUT2D eigenvalue weighted by atomic mass is 16.1. The lowest BCUT2D eigenvalue weighted by atomic mass is 9.99. The fourth-order valence-electron chi connectivity index (χ4n) is 5.04. The molecule has 0 amide bonds. The second-order valence-corrected chi connectivity index (χ2v) is 8.09. The first-order valence-electron chi connectivity index (χ1n) is 10.0. The first-order chi connectivity index (χ1) is 14.7. The van der Waals surface area contributed by atoms with Gasteiger partial charge in [0.05, 0.1) is 0 Å². The van der Waals surface area contributed by atoms with Gasteiger partial charge in [-0.25, -0.2) is 0 Å². The summed E-state index contributed by atoms with van der Waals surface area (Å²) in [6, 6.07) is 28.1. The fraction of sp³-hybridized carbons (Fsp3) is 0. The minimum absolute atomic E-state index is 0.0853. The van der Waals surface area contributed by atoms with Crippen LogP contribution in [0.1, 0.15) is 0 Å². The van der Waals surface area contributed by atoms with Crippen LogP contribution < -0.4 is 10.9 Å². The Bertz CT molecular complexity index is 1790. The zero-order chi connectivity index (χ0) is 20.0. The van der Waals surface area contributed by atoms with Crippen molar-refractivity contribution in [2.75, 3.05) is 0 Å². The van der Waals surface area contributed by atoms with Gasteiger partial charge in [-0.1, -0.05) is 48.5 Å². The van der Waals surface area contributed by atoms with Crippen molar-refractivity contribution < 1.29 is 0 Å². The van der Waals surface area contributed by atoms with E-state index >= 15 is 0 Å². The topological polar surface area (TPSA) is 34.1 Å². The van der Waals surface area contributed by atoms with Gasteiger partial charge >= 0.3 is 0 Å². The summed E-state index contributed by atoms with van der Waals surface area (Å²) in [6.07, 6.45) is 0.